The van der Waals surface area contributed by atoms with E-state index in [0.717, 1.165) is 66.9 Å². The van der Waals surface area contributed by atoms with Crippen LogP contribution in [0.3, 0.4) is 0 Å². The van der Waals surface area contributed by atoms with Gasteiger partial charge in [-0.15, -0.1) is 0 Å². The lowest BCUT2D eigenvalue weighted by Gasteiger charge is -2.27. The van der Waals surface area contributed by atoms with Crippen LogP contribution in [0.25, 0.3) is 72.7 Å². The number of aromatic nitrogens is 3. The van der Waals surface area contributed by atoms with Crippen molar-refractivity contribution in [1.29, 1.82) is 0 Å². The summed E-state index contributed by atoms with van der Waals surface area (Å²) in [6.07, 6.45) is 1.92. The third-order valence-corrected chi connectivity index (χ3v) is 12.3. The molecule has 0 atom stereocenters. The zero-order valence-electron chi connectivity index (χ0n) is 38.0. The Hall–Kier alpha value is -6.26. The first-order valence-electron chi connectivity index (χ1n) is 21.5. The number of para-hydroxylation sites is 1. The van der Waals surface area contributed by atoms with Crippen molar-refractivity contribution in [2.75, 3.05) is 0 Å². The lowest BCUT2D eigenvalue weighted by molar-refractivity contribution is 0.446. The van der Waals surface area contributed by atoms with Crippen LogP contribution in [0.1, 0.15) is 95.7 Å². The fourth-order valence-electron chi connectivity index (χ4n) is 8.35. The molecule has 0 saturated carbocycles. The number of aromatic hydroxyl groups is 1. The maximum absolute atomic E-state index is 12.4. The van der Waals surface area contributed by atoms with Crippen molar-refractivity contribution in [3.8, 4) is 67.5 Å². The van der Waals surface area contributed by atoms with Gasteiger partial charge in [0.2, 0.25) is 0 Å². The molecule has 4 nitrogen and oxygen atoms in total. The van der Waals surface area contributed by atoms with Crippen molar-refractivity contribution in [2.24, 2.45) is 0 Å². The Kier molecular flexibility index (Phi) is 10.4. The van der Waals surface area contributed by atoms with Gasteiger partial charge in [-0.2, -0.15) is 0 Å². The van der Waals surface area contributed by atoms with Crippen molar-refractivity contribution in [2.45, 2.75) is 99.3 Å². The number of benzene rings is 6. The zero-order chi connectivity index (χ0) is 43.6. The summed E-state index contributed by atoms with van der Waals surface area (Å²) < 4.78 is 2.27. The molecule has 0 amide bonds. The van der Waals surface area contributed by atoms with Gasteiger partial charge in [-0.25, -0.2) is 4.98 Å². The molecule has 2 heterocycles. The van der Waals surface area contributed by atoms with E-state index in [2.05, 4.69) is 215 Å². The van der Waals surface area contributed by atoms with Gasteiger partial charge < -0.3 is 5.11 Å². The molecule has 0 aliphatic rings. The van der Waals surface area contributed by atoms with Crippen LogP contribution in [0.5, 0.6) is 5.75 Å². The molecule has 8 rings (SSSR count). The van der Waals surface area contributed by atoms with E-state index in [9.17, 15) is 5.11 Å². The second-order valence-electron chi connectivity index (χ2n) is 20.0. The van der Waals surface area contributed by atoms with Crippen molar-refractivity contribution < 1.29 is 5.11 Å². The number of fused-ring (bicyclic) bond motifs is 1. The highest BCUT2D eigenvalue weighted by Crippen LogP contribution is 2.45. The first-order chi connectivity index (χ1) is 28.8. The molecule has 0 radical (unpaired) electrons. The quantitative estimate of drug-likeness (QED) is 0.182. The summed E-state index contributed by atoms with van der Waals surface area (Å²) in [5.74, 6) is 0.973. The number of aryl methyl sites for hydroxylation is 2. The van der Waals surface area contributed by atoms with E-state index in [1.807, 2.05) is 6.20 Å². The number of phenols is 1. The highest BCUT2D eigenvalue weighted by molar-refractivity contribution is 5.97. The van der Waals surface area contributed by atoms with Crippen LogP contribution < -0.4 is 0 Å². The number of nitrogens with zero attached hydrogens (tertiary/aromatic N) is 3. The van der Waals surface area contributed by atoms with Gasteiger partial charge in [0.05, 0.1) is 22.3 Å². The average molecular weight is 802 g/mol. The number of phenolic OH excluding ortho intramolecular Hbond substituents is 1. The summed E-state index contributed by atoms with van der Waals surface area (Å²) in [6, 6.07) is 45.8. The summed E-state index contributed by atoms with van der Waals surface area (Å²) >= 11 is 0. The number of imidazole rings is 1. The molecule has 1 N–H and O–H groups in total. The predicted octanol–water partition coefficient (Wildman–Crippen LogP) is 15.3. The van der Waals surface area contributed by atoms with E-state index >= 15 is 0 Å². The van der Waals surface area contributed by atoms with Crippen LogP contribution >= 0.6 is 0 Å². The minimum Gasteiger partial charge on any atom is -0.507 e. The molecule has 4 heteroatoms. The van der Waals surface area contributed by atoms with Crippen molar-refractivity contribution in [3.05, 3.63) is 167 Å². The standard InChI is InChI=1S/C57H59N3O/c1-35-21-23-38(24-22-35)40-25-26-58-50(31-40)42-28-41(29-43(30-42)55(4,5)6)46-19-16-20-51-52(46)59-54(48-32-44(56(7,8)9)33-49(53(48)61)57(10,11)12)60(51)45-27-36(2)37(3)47(34-45)39-17-14-13-15-18-39/h13-34,61H,1-12H3. The molecule has 61 heavy (non-hydrogen) atoms. The van der Waals surface area contributed by atoms with E-state index in [0.29, 0.717) is 5.82 Å². The van der Waals surface area contributed by atoms with Crippen LogP contribution in [0.4, 0.5) is 0 Å². The molecule has 6 aromatic carbocycles. The minimum absolute atomic E-state index is 0.131. The number of hydrogen-bond donors (Lipinski definition) is 1. The Labute approximate surface area is 363 Å². The summed E-state index contributed by atoms with van der Waals surface area (Å²) in [4.78, 5) is 10.6. The molecule has 0 saturated heterocycles. The highest BCUT2D eigenvalue weighted by atomic mass is 16.3. The van der Waals surface area contributed by atoms with Crippen molar-refractivity contribution in [1.82, 2.24) is 14.5 Å². The summed E-state index contributed by atoms with van der Waals surface area (Å²) in [5, 5.41) is 12.4. The minimum atomic E-state index is -0.308. The number of pyridine rings is 1. The smallest absolute Gasteiger partial charge is 0.149 e. The highest BCUT2D eigenvalue weighted by Gasteiger charge is 2.29. The van der Waals surface area contributed by atoms with Gasteiger partial charge in [-0.1, -0.05) is 147 Å². The van der Waals surface area contributed by atoms with Gasteiger partial charge in [-0.05, 0) is 136 Å². The van der Waals surface area contributed by atoms with Gasteiger partial charge in [0.1, 0.15) is 11.6 Å². The normalized spacial score (nSPS) is 12.3. The zero-order valence-corrected chi connectivity index (χ0v) is 38.0. The monoisotopic (exact) mass is 801 g/mol. The third-order valence-electron chi connectivity index (χ3n) is 12.3. The molecule has 0 aliphatic heterocycles. The molecule has 0 spiro atoms. The summed E-state index contributed by atoms with van der Waals surface area (Å²) in [5.41, 5.74) is 18.6. The second-order valence-corrected chi connectivity index (χ2v) is 20.0. The van der Waals surface area contributed by atoms with Crippen LogP contribution in [-0.2, 0) is 16.2 Å². The van der Waals surface area contributed by atoms with E-state index in [1.54, 1.807) is 0 Å². The second kappa shape index (κ2) is 15.3. The van der Waals surface area contributed by atoms with Crippen LogP contribution in [0, 0.1) is 20.8 Å². The molecular formula is C57H59N3O. The third kappa shape index (κ3) is 8.04. The molecule has 8 aromatic rings. The first-order valence-corrected chi connectivity index (χ1v) is 21.5. The molecule has 0 unspecified atom stereocenters. The van der Waals surface area contributed by atoms with Gasteiger partial charge in [0.15, 0.2) is 0 Å². The van der Waals surface area contributed by atoms with Gasteiger partial charge >= 0.3 is 0 Å². The molecule has 0 fully saturated rings. The summed E-state index contributed by atoms with van der Waals surface area (Å²) in [6.45, 7) is 26.5. The molecule has 308 valence electrons. The van der Waals surface area contributed by atoms with Crippen molar-refractivity contribution in [3.63, 3.8) is 0 Å². The van der Waals surface area contributed by atoms with E-state index in [1.165, 1.54) is 33.4 Å². The lowest BCUT2D eigenvalue weighted by Crippen LogP contribution is -2.17. The Morgan fingerprint density at radius 1 is 0.508 bits per heavy atom. The SMILES string of the molecule is Cc1ccc(-c2ccnc(-c3cc(-c4cccc5c4nc(-c4cc(C(C)(C)C)cc(C(C)(C)C)c4O)n5-c4cc(C)c(C)c(-c5ccccc5)c4)cc(C(C)(C)C)c3)c2)cc1. The maximum Gasteiger partial charge on any atom is 0.149 e. The largest absolute Gasteiger partial charge is 0.507 e. The number of rotatable bonds is 6. The molecule has 0 aliphatic carbocycles. The van der Waals surface area contributed by atoms with Crippen LogP contribution in [0.15, 0.2) is 134 Å². The Morgan fingerprint density at radius 3 is 1.85 bits per heavy atom. The molecule has 0 bridgehead atoms. The van der Waals surface area contributed by atoms with E-state index < -0.39 is 0 Å². The fraction of sp³-hybridized carbons (Fsp3) is 0.263. The van der Waals surface area contributed by atoms with Crippen LogP contribution in [-0.4, -0.2) is 19.6 Å². The fourth-order valence-corrected chi connectivity index (χ4v) is 8.35. The maximum atomic E-state index is 12.4. The topological polar surface area (TPSA) is 50.9 Å². The van der Waals surface area contributed by atoms with E-state index in [-0.39, 0.29) is 22.0 Å². The van der Waals surface area contributed by atoms with Gasteiger partial charge in [-0.3, -0.25) is 9.55 Å². The predicted molar refractivity (Wildman–Crippen MR) is 258 cm³/mol. The lowest BCUT2D eigenvalue weighted by atomic mass is 9.79. The average Bonchev–Trinajstić information content (AvgIpc) is 3.61. The van der Waals surface area contributed by atoms with Crippen LogP contribution in [0.2, 0.25) is 0 Å². The summed E-state index contributed by atoms with van der Waals surface area (Å²) in [7, 11) is 0. The Bertz CT molecular complexity index is 2930. The molecular weight excluding hydrogens is 743 g/mol. The van der Waals surface area contributed by atoms with Gasteiger partial charge in [0.25, 0.3) is 0 Å². The van der Waals surface area contributed by atoms with Gasteiger partial charge in [0, 0.05) is 28.6 Å². The first kappa shape index (κ1) is 41.5. The Morgan fingerprint density at radius 2 is 1.18 bits per heavy atom. The van der Waals surface area contributed by atoms with E-state index in [4.69, 9.17) is 9.97 Å². The van der Waals surface area contributed by atoms with Crippen molar-refractivity contribution >= 4 is 11.0 Å². The molecule has 2 aromatic heterocycles. The number of hydrogen-bond acceptors (Lipinski definition) is 3. The Balaban J connectivity index is 1.43.